The minimum Gasteiger partial charge on any atom is -0.492 e. The Morgan fingerprint density at radius 1 is 1.14 bits per heavy atom. The fraction of sp³-hybridized carbons (Fsp3) is 0.625. The van der Waals surface area contributed by atoms with E-state index in [2.05, 4.69) is 4.90 Å². The van der Waals surface area contributed by atoms with E-state index in [1.807, 2.05) is 24.3 Å². The second-order valence-corrected chi connectivity index (χ2v) is 5.79. The molecule has 2 N–H and O–H groups in total. The summed E-state index contributed by atoms with van der Waals surface area (Å²) in [7, 11) is 0. The predicted molar refractivity (Wildman–Crippen MR) is 86.0 cm³/mol. The molecule has 118 valence electrons. The van der Waals surface area contributed by atoms with Crippen LogP contribution in [0.5, 0.6) is 5.75 Å². The molecule has 1 aliphatic rings. The molecule has 0 bridgehead atoms. The molecule has 0 amide bonds. The van der Waals surface area contributed by atoms with Crippen LogP contribution in [-0.2, 0) is 4.74 Å². The van der Waals surface area contributed by atoms with Crippen LogP contribution in [0.4, 0.5) is 0 Å². The van der Waals surface area contributed by atoms with E-state index in [1.165, 1.54) is 0 Å². The molecule has 1 aromatic carbocycles. The van der Waals surface area contributed by atoms with Crippen LogP contribution in [-0.4, -0.2) is 50.4 Å². The molecule has 0 unspecified atom stereocenters. The molecule has 21 heavy (non-hydrogen) atoms. The molecule has 0 spiro atoms. The summed E-state index contributed by atoms with van der Waals surface area (Å²) in [6.07, 6.45) is 3.57. The molecule has 1 aliphatic heterocycles. The number of ether oxygens (including phenoxy) is 2. The number of likely N-dealkylation sites (tertiary alicyclic amines) is 1. The van der Waals surface area contributed by atoms with E-state index in [0.29, 0.717) is 19.3 Å². The van der Waals surface area contributed by atoms with Crippen LogP contribution >= 0.6 is 11.6 Å². The monoisotopic (exact) mass is 312 g/mol. The molecule has 2 rings (SSSR count). The van der Waals surface area contributed by atoms with Crippen molar-refractivity contribution in [2.75, 3.05) is 39.4 Å². The number of piperidine rings is 1. The molecule has 1 aromatic rings. The quantitative estimate of drug-likeness (QED) is 0.749. The Labute approximate surface area is 132 Å². The lowest BCUT2D eigenvalue weighted by molar-refractivity contribution is 0.00516. The first kappa shape index (κ1) is 16.6. The van der Waals surface area contributed by atoms with E-state index in [-0.39, 0.29) is 0 Å². The van der Waals surface area contributed by atoms with E-state index in [9.17, 15) is 0 Å². The zero-order chi connectivity index (χ0) is 14.9. The molecule has 4 nitrogen and oxygen atoms in total. The van der Waals surface area contributed by atoms with Gasteiger partial charge in [-0.05, 0) is 50.1 Å². The largest absolute Gasteiger partial charge is 0.492 e. The van der Waals surface area contributed by atoms with Gasteiger partial charge in [0.25, 0.3) is 0 Å². The summed E-state index contributed by atoms with van der Waals surface area (Å²) in [6.45, 7) is 5.33. The number of nitrogens with zero attached hydrogens (tertiary/aromatic N) is 1. The number of benzene rings is 1. The topological polar surface area (TPSA) is 47.7 Å². The van der Waals surface area contributed by atoms with Gasteiger partial charge in [0.2, 0.25) is 0 Å². The predicted octanol–water partition coefficient (Wildman–Crippen LogP) is 2.55. The third kappa shape index (κ3) is 6.22. The Balaban J connectivity index is 1.57. The lowest BCUT2D eigenvalue weighted by Gasteiger charge is -2.31. The van der Waals surface area contributed by atoms with Crippen molar-refractivity contribution in [2.24, 2.45) is 5.73 Å². The van der Waals surface area contributed by atoms with E-state index in [0.717, 1.165) is 56.3 Å². The van der Waals surface area contributed by atoms with E-state index in [1.54, 1.807) is 0 Å². The van der Waals surface area contributed by atoms with Crippen LogP contribution in [0.15, 0.2) is 24.3 Å². The highest BCUT2D eigenvalue weighted by Crippen LogP contribution is 2.16. The summed E-state index contributed by atoms with van der Waals surface area (Å²) in [4.78, 5) is 2.43. The van der Waals surface area contributed by atoms with Gasteiger partial charge in [-0.3, -0.25) is 4.90 Å². The van der Waals surface area contributed by atoms with Crippen LogP contribution in [0.1, 0.15) is 19.3 Å². The van der Waals surface area contributed by atoms with Crippen molar-refractivity contribution in [1.29, 1.82) is 0 Å². The van der Waals surface area contributed by atoms with Crippen molar-refractivity contribution in [3.05, 3.63) is 29.3 Å². The summed E-state index contributed by atoms with van der Waals surface area (Å²) in [6, 6.07) is 7.50. The fourth-order valence-electron chi connectivity index (χ4n) is 2.46. The van der Waals surface area contributed by atoms with Crippen LogP contribution in [0.25, 0.3) is 0 Å². The Hall–Kier alpha value is -0.810. The highest BCUT2D eigenvalue weighted by Gasteiger charge is 2.19. The molecular weight excluding hydrogens is 288 g/mol. The molecule has 0 atom stereocenters. The first-order chi connectivity index (χ1) is 10.3. The summed E-state index contributed by atoms with van der Waals surface area (Å²) in [5.74, 6) is 0.874. The van der Waals surface area contributed by atoms with Gasteiger partial charge < -0.3 is 15.2 Å². The van der Waals surface area contributed by atoms with Crippen molar-refractivity contribution in [3.63, 3.8) is 0 Å². The van der Waals surface area contributed by atoms with Crippen LogP contribution in [0, 0.1) is 0 Å². The summed E-state index contributed by atoms with van der Waals surface area (Å²) in [5, 5.41) is 0.735. The van der Waals surface area contributed by atoms with Crippen molar-refractivity contribution >= 4 is 11.6 Å². The lowest BCUT2D eigenvalue weighted by Crippen LogP contribution is -2.39. The molecule has 0 aliphatic carbocycles. The molecule has 0 saturated carbocycles. The molecule has 1 fully saturated rings. The molecule has 1 heterocycles. The maximum atomic E-state index is 5.84. The van der Waals surface area contributed by atoms with Gasteiger partial charge in [-0.1, -0.05) is 11.6 Å². The van der Waals surface area contributed by atoms with Gasteiger partial charge in [0, 0.05) is 31.3 Å². The first-order valence-electron chi connectivity index (χ1n) is 7.70. The molecule has 5 heteroatoms. The Bertz CT molecular complexity index is 392. The normalized spacial score (nSPS) is 17.0. The number of hydrogen-bond acceptors (Lipinski definition) is 4. The third-order valence-electron chi connectivity index (χ3n) is 3.73. The Morgan fingerprint density at radius 2 is 1.86 bits per heavy atom. The van der Waals surface area contributed by atoms with Crippen molar-refractivity contribution in [3.8, 4) is 5.75 Å². The van der Waals surface area contributed by atoms with Crippen molar-refractivity contribution in [1.82, 2.24) is 4.90 Å². The van der Waals surface area contributed by atoms with Gasteiger partial charge in [-0.15, -0.1) is 0 Å². The molecule has 0 aromatic heterocycles. The number of hydrogen-bond donors (Lipinski definition) is 1. The van der Waals surface area contributed by atoms with Crippen LogP contribution < -0.4 is 10.5 Å². The fourth-order valence-corrected chi connectivity index (χ4v) is 2.58. The van der Waals surface area contributed by atoms with Gasteiger partial charge in [0.05, 0.1) is 6.10 Å². The van der Waals surface area contributed by atoms with Crippen molar-refractivity contribution < 1.29 is 9.47 Å². The van der Waals surface area contributed by atoms with Crippen LogP contribution in [0.3, 0.4) is 0 Å². The smallest absolute Gasteiger partial charge is 0.119 e. The van der Waals surface area contributed by atoms with E-state index in [4.69, 9.17) is 26.8 Å². The standard InChI is InChI=1S/C16H25ClN2O2/c17-14-2-4-15(5-3-14)21-13-11-19-9-6-16(7-10-19)20-12-1-8-18/h2-5,16H,1,6-13,18H2. The second-order valence-electron chi connectivity index (χ2n) is 5.36. The SMILES string of the molecule is NCCCOC1CCN(CCOc2ccc(Cl)cc2)CC1. The first-order valence-corrected chi connectivity index (χ1v) is 8.08. The molecular formula is C16H25ClN2O2. The van der Waals surface area contributed by atoms with E-state index < -0.39 is 0 Å². The maximum absolute atomic E-state index is 5.84. The highest BCUT2D eigenvalue weighted by molar-refractivity contribution is 6.30. The molecule has 1 saturated heterocycles. The molecule has 0 radical (unpaired) electrons. The zero-order valence-corrected chi connectivity index (χ0v) is 13.2. The summed E-state index contributed by atoms with van der Waals surface area (Å²) >= 11 is 5.84. The minimum atomic E-state index is 0.407. The lowest BCUT2D eigenvalue weighted by atomic mass is 10.1. The average molecular weight is 313 g/mol. The van der Waals surface area contributed by atoms with Gasteiger partial charge in [0.15, 0.2) is 0 Å². The summed E-state index contributed by atoms with van der Waals surface area (Å²) in [5.41, 5.74) is 5.47. The summed E-state index contributed by atoms with van der Waals surface area (Å²) < 4.78 is 11.5. The maximum Gasteiger partial charge on any atom is 0.119 e. The third-order valence-corrected chi connectivity index (χ3v) is 3.98. The van der Waals surface area contributed by atoms with Crippen molar-refractivity contribution in [2.45, 2.75) is 25.4 Å². The number of halogens is 1. The van der Waals surface area contributed by atoms with Crippen LogP contribution in [0.2, 0.25) is 5.02 Å². The van der Waals surface area contributed by atoms with E-state index >= 15 is 0 Å². The number of nitrogens with two attached hydrogens (primary N) is 1. The van der Waals surface area contributed by atoms with Gasteiger partial charge in [0.1, 0.15) is 12.4 Å². The second kappa shape index (κ2) is 9.26. The zero-order valence-electron chi connectivity index (χ0n) is 12.5. The van der Waals surface area contributed by atoms with Gasteiger partial charge in [-0.25, -0.2) is 0 Å². The Kier molecular flexibility index (Phi) is 7.30. The number of rotatable bonds is 8. The van der Waals surface area contributed by atoms with Gasteiger partial charge >= 0.3 is 0 Å². The average Bonchev–Trinajstić information content (AvgIpc) is 2.51. The van der Waals surface area contributed by atoms with Gasteiger partial charge in [-0.2, -0.15) is 0 Å². The minimum absolute atomic E-state index is 0.407. The highest BCUT2D eigenvalue weighted by atomic mass is 35.5. The Morgan fingerprint density at radius 3 is 2.52 bits per heavy atom.